The highest BCUT2D eigenvalue weighted by molar-refractivity contribution is 7.98. The third-order valence-corrected chi connectivity index (χ3v) is 3.27. The molecule has 0 fully saturated rings. The van der Waals surface area contributed by atoms with E-state index in [1.165, 1.54) is 6.07 Å². The zero-order valence-electron chi connectivity index (χ0n) is 11.5. The summed E-state index contributed by atoms with van der Waals surface area (Å²) >= 11 is 1.65. The molecule has 1 rings (SSSR count). The molecule has 0 bridgehead atoms. The van der Waals surface area contributed by atoms with E-state index in [1.54, 1.807) is 11.8 Å². The average Bonchev–Trinajstić information content (AvgIpc) is 2.37. The highest BCUT2D eigenvalue weighted by Gasteiger charge is 2.15. The molecule has 19 heavy (non-hydrogen) atoms. The van der Waals surface area contributed by atoms with Gasteiger partial charge in [0.25, 0.3) is 5.91 Å². The van der Waals surface area contributed by atoms with E-state index in [9.17, 15) is 9.18 Å². The molecule has 0 aliphatic rings. The lowest BCUT2D eigenvalue weighted by atomic mass is 10.2. The van der Waals surface area contributed by atoms with Crippen LogP contribution in [0.1, 0.15) is 30.6 Å². The number of nitrogens with one attached hydrogen (secondary N) is 2. The van der Waals surface area contributed by atoms with E-state index in [2.05, 4.69) is 15.6 Å². The maximum absolute atomic E-state index is 13.2. The van der Waals surface area contributed by atoms with Crippen LogP contribution in [-0.2, 0) is 0 Å². The van der Waals surface area contributed by atoms with Crippen molar-refractivity contribution in [2.24, 2.45) is 0 Å². The first-order chi connectivity index (χ1) is 9.08. The Morgan fingerprint density at radius 2 is 2.32 bits per heavy atom. The number of halogens is 1. The minimum absolute atomic E-state index is 0.0322. The third kappa shape index (κ3) is 5.06. The van der Waals surface area contributed by atoms with Gasteiger partial charge in [-0.3, -0.25) is 4.79 Å². The molecular weight excluding hydrogens is 265 g/mol. The van der Waals surface area contributed by atoms with Gasteiger partial charge in [0.05, 0.1) is 11.8 Å². The normalized spacial score (nSPS) is 12.0. The summed E-state index contributed by atoms with van der Waals surface area (Å²) in [6.07, 6.45) is 3.99. The van der Waals surface area contributed by atoms with Gasteiger partial charge in [0.1, 0.15) is 11.6 Å². The summed E-state index contributed by atoms with van der Waals surface area (Å²) in [6, 6.07) is 1.25. The largest absolute Gasteiger partial charge is 0.369 e. The Bertz CT molecular complexity index is 428. The molecule has 4 nitrogen and oxygen atoms in total. The van der Waals surface area contributed by atoms with Crippen LogP contribution in [0.25, 0.3) is 0 Å². The zero-order chi connectivity index (χ0) is 14.3. The first-order valence-corrected chi connectivity index (χ1v) is 7.67. The summed E-state index contributed by atoms with van der Waals surface area (Å²) in [4.78, 5) is 16.0. The number of aromatic nitrogens is 1. The number of pyridine rings is 1. The van der Waals surface area contributed by atoms with Gasteiger partial charge in [-0.15, -0.1) is 0 Å². The molecule has 1 amide bonds. The molecule has 1 aromatic rings. The minimum atomic E-state index is -0.510. The molecule has 1 aromatic heterocycles. The van der Waals surface area contributed by atoms with Gasteiger partial charge in [0.2, 0.25) is 0 Å². The molecular formula is C13H20FN3OS. The van der Waals surface area contributed by atoms with Crippen LogP contribution in [0, 0.1) is 5.82 Å². The number of anilines is 1. The van der Waals surface area contributed by atoms with Crippen LogP contribution >= 0.6 is 11.8 Å². The molecule has 1 atom stereocenters. The fourth-order valence-electron chi connectivity index (χ4n) is 1.59. The van der Waals surface area contributed by atoms with Gasteiger partial charge in [-0.25, -0.2) is 9.37 Å². The number of rotatable bonds is 7. The van der Waals surface area contributed by atoms with Crippen LogP contribution in [-0.4, -0.2) is 35.5 Å². The predicted molar refractivity (Wildman–Crippen MR) is 78.3 cm³/mol. The van der Waals surface area contributed by atoms with Crippen LogP contribution in [0.4, 0.5) is 10.2 Å². The lowest BCUT2D eigenvalue weighted by Crippen LogP contribution is -2.34. The number of hydrogen-bond donors (Lipinski definition) is 2. The quantitative estimate of drug-likeness (QED) is 0.808. The Morgan fingerprint density at radius 3 is 2.95 bits per heavy atom. The van der Waals surface area contributed by atoms with Gasteiger partial charge in [-0.2, -0.15) is 11.8 Å². The van der Waals surface area contributed by atoms with Crippen molar-refractivity contribution in [1.82, 2.24) is 10.3 Å². The fraction of sp³-hybridized carbons (Fsp3) is 0.538. The van der Waals surface area contributed by atoms with Gasteiger partial charge in [0.15, 0.2) is 0 Å². The SMILES string of the molecule is CCCNc1ncc(F)cc1C(=O)NC(C)CSC. The van der Waals surface area contributed by atoms with E-state index in [1.807, 2.05) is 20.1 Å². The lowest BCUT2D eigenvalue weighted by molar-refractivity contribution is 0.0944. The maximum atomic E-state index is 13.2. The van der Waals surface area contributed by atoms with Crippen LogP contribution in [0.15, 0.2) is 12.3 Å². The number of amides is 1. The van der Waals surface area contributed by atoms with Crippen molar-refractivity contribution in [1.29, 1.82) is 0 Å². The monoisotopic (exact) mass is 285 g/mol. The van der Waals surface area contributed by atoms with Gasteiger partial charge < -0.3 is 10.6 Å². The van der Waals surface area contributed by atoms with Crippen molar-refractivity contribution in [3.8, 4) is 0 Å². The topological polar surface area (TPSA) is 54.0 Å². The first kappa shape index (κ1) is 15.8. The molecule has 1 heterocycles. The number of carbonyl (C=O) groups is 1. The van der Waals surface area contributed by atoms with E-state index in [0.717, 1.165) is 18.4 Å². The van der Waals surface area contributed by atoms with Crippen molar-refractivity contribution in [3.05, 3.63) is 23.6 Å². The van der Waals surface area contributed by atoms with E-state index < -0.39 is 5.82 Å². The Balaban J connectivity index is 2.84. The van der Waals surface area contributed by atoms with E-state index >= 15 is 0 Å². The van der Waals surface area contributed by atoms with Crippen molar-refractivity contribution in [3.63, 3.8) is 0 Å². The summed E-state index contributed by atoms with van der Waals surface area (Å²) < 4.78 is 13.2. The second-order valence-corrected chi connectivity index (χ2v) is 5.22. The summed E-state index contributed by atoms with van der Waals surface area (Å²) in [7, 11) is 0. The summed E-state index contributed by atoms with van der Waals surface area (Å²) in [5, 5.41) is 5.87. The van der Waals surface area contributed by atoms with Gasteiger partial charge in [-0.05, 0) is 25.7 Å². The molecule has 0 saturated carbocycles. The summed E-state index contributed by atoms with van der Waals surface area (Å²) in [6.45, 7) is 4.62. The molecule has 0 radical (unpaired) electrons. The third-order valence-electron chi connectivity index (χ3n) is 2.44. The van der Waals surface area contributed by atoms with Crippen LogP contribution in [0.5, 0.6) is 0 Å². The van der Waals surface area contributed by atoms with E-state index in [4.69, 9.17) is 0 Å². The number of thioether (sulfide) groups is 1. The molecule has 0 saturated heterocycles. The van der Waals surface area contributed by atoms with E-state index in [-0.39, 0.29) is 17.5 Å². The summed E-state index contributed by atoms with van der Waals surface area (Å²) in [5.74, 6) is 0.431. The smallest absolute Gasteiger partial charge is 0.255 e. The summed E-state index contributed by atoms with van der Waals surface area (Å²) in [5.41, 5.74) is 0.251. The fourth-order valence-corrected chi connectivity index (χ4v) is 2.17. The Morgan fingerprint density at radius 1 is 1.58 bits per heavy atom. The lowest BCUT2D eigenvalue weighted by Gasteiger charge is -2.15. The number of nitrogens with zero attached hydrogens (tertiary/aromatic N) is 1. The molecule has 1 unspecified atom stereocenters. The number of carbonyl (C=O) groups excluding carboxylic acids is 1. The van der Waals surface area contributed by atoms with Crippen molar-refractivity contribution < 1.29 is 9.18 Å². The van der Waals surface area contributed by atoms with Crippen LogP contribution < -0.4 is 10.6 Å². The highest BCUT2D eigenvalue weighted by atomic mass is 32.2. The predicted octanol–water partition coefficient (Wildman–Crippen LogP) is 2.52. The molecule has 6 heteroatoms. The number of hydrogen-bond acceptors (Lipinski definition) is 4. The van der Waals surface area contributed by atoms with E-state index in [0.29, 0.717) is 12.4 Å². The zero-order valence-corrected chi connectivity index (χ0v) is 12.3. The van der Waals surface area contributed by atoms with Crippen molar-refractivity contribution in [2.75, 3.05) is 23.9 Å². The minimum Gasteiger partial charge on any atom is -0.369 e. The maximum Gasteiger partial charge on any atom is 0.255 e. The molecule has 0 spiro atoms. The van der Waals surface area contributed by atoms with Crippen molar-refractivity contribution >= 4 is 23.5 Å². The molecule has 0 aliphatic carbocycles. The van der Waals surface area contributed by atoms with Crippen LogP contribution in [0.3, 0.4) is 0 Å². The second-order valence-electron chi connectivity index (χ2n) is 4.31. The average molecular weight is 285 g/mol. The highest BCUT2D eigenvalue weighted by Crippen LogP contribution is 2.14. The molecule has 0 aromatic carbocycles. The van der Waals surface area contributed by atoms with Crippen molar-refractivity contribution in [2.45, 2.75) is 26.3 Å². The Kier molecular flexibility index (Phi) is 6.62. The van der Waals surface area contributed by atoms with Crippen LogP contribution in [0.2, 0.25) is 0 Å². The van der Waals surface area contributed by atoms with Gasteiger partial charge in [0, 0.05) is 18.3 Å². The molecule has 0 aliphatic heterocycles. The molecule has 2 N–H and O–H groups in total. The molecule has 106 valence electrons. The Labute approximate surface area is 117 Å². The van der Waals surface area contributed by atoms with Gasteiger partial charge >= 0.3 is 0 Å². The van der Waals surface area contributed by atoms with Gasteiger partial charge in [-0.1, -0.05) is 6.92 Å². The second kappa shape index (κ2) is 7.99. The Hall–Kier alpha value is -1.30. The first-order valence-electron chi connectivity index (χ1n) is 6.27. The standard InChI is InChI=1S/C13H20FN3OS/c1-4-5-15-12-11(6-10(14)7-16-12)13(18)17-9(2)8-19-3/h6-7,9H,4-5,8H2,1-3H3,(H,15,16)(H,17,18).